The van der Waals surface area contributed by atoms with Gasteiger partial charge in [-0.15, -0.1) is 11.3 Å². The Labute approximate surface area is 165 Å². The molecule has 0 bridgehead atoms. The normalized spacial score (nSPS) is 19.6. The topological polar surface area (TPSA) is 96.9 Å². The molecule has 28 heavy (non-hydrogen) atoms. The first-order valence-corrected chi connectivity index (χ1v) is 10.3. The van der Waals surface area contributed by atoms with Crippen LogP contribution in [-0.2, 0) is 11.3 Å². The quantitative estimate of drug-likeness (QED) is 0.706. The second-order valence-electron chi connectivity index (χ2n) is 7.39. The Hall–Kier alpha value is -2.74. The zero-order valence-corrected chi connectivity index (χ0v) is 16.4. The molecule has 146 valence electrons. The molecule has 1 aliphatic rings. The second-order valence-corrected chi connectivity index (χ2v) is 8.25. The number of nitrogens with one attached hydrogen (secondary N) is 2. The highest BCUT2D eigenvalue weighted by molar-refractivity contribution is 7.13. The molecule has 0 radical (unpaired) electrons. The van der Waals surface area contributed by atoms with Crippen LogP contribution in [0.25, 0.3) is 10.9 Å². The van der Waals surface area contributed by atoms with Gasteiger partial charge in [-0.25, -0.2) is 9.78 Å². The van der Waals surface area contributed by atoms with E-state index in [4.69, 9.17) is 0 Å². The van der Waals surface area contributed by atoms with Crippen LogP contribution in [0.4, 0.5) is 5.13 Å². The van der Waals surface area contributed by atoms with Crippen LogP contribution in [0.5, 0.6) is 0 Å². The van der Waals surface area contributed by atoms with Crippen LogP contribution in [-0.4, -0.2) is 20.4 Å². The van der Waals surface area contributed by atoms with Gasteiger partial charge in [-0.3, -0.25) is 14.2 Å². The highest BCUT2D eigenvalue weighted by atomic mass is 32.1. The van der Waals surface area contributed by atoms with Gasteiger partial charge in [0.15, 0.2) is 5.13 Å². The van der Waals surface area contributed by atoms with E-state index in [1.54, 1.807) is 24.3 Å². The zero-order valence-electron chi connectivity index (χ0n) is 15.6. The van der Waals surface area contributed by atoms with E-state index < -0.39 is 0 Å². The number of thiazole rings is 1. The van der Waals surface area contributed by atoms with E-state index >= 15 is 0 Å². The molecule has 2 N–H and O–H groups in total. The molecule has 2 aromatic heterocycles. The number of nitrogens with zero attached hydrogens (tertiary/aromatic N) is 2. The number of aryl methyl sites for hydroxylation is 1. The summed E-state index contributed by atoms with van der Waals surface area (Å²) >= 11 is 1.43. The molecule has 0 atom stereocenters. The van der Waals surface area contributed by atoms with Crippen molar-refractivity contribution >= 4 is 33.3 Å². The minimum atomic E-state index is -0.372. The molecular weight excluding hydrogens is 376 g/mol. The number of benzene rings is 1. The Bertz CT molecular complexity index is 1120. The lowest BCUT2D eigenvalue weighted by Gasteiger charge is -2.27. The molecule has 0 unspecified atom stereocenters. The third-order valence-corrected chi connectivity index (χ3v) is 6.27. The Morgan fingerprint density at radius 1 is 1.25 bits per heavy atom. The summed E-state index contributed by atoms with van der Waals surface area (Å²) in [6.45, 7) is 2.28. The summed E-state index contributed by atoms with van der Waals surface area (Å²) in [5.74, 6) is 0.173. The van der Waals surface area contributed by atoms with Crippen molar-refractivity contribution in [2.24, 2.45) is 11.8 Å². The summed E-state index contributed by atoms with van der Waals surface area (Å²) in [7, 11) is 0. The van der Waals surface area contributed by atoms with Crippen molar-refractivity contribution in [3.63, 3.8) is 0 Å². The third-order valence-electron chi connectivity index (χ3n) is 5.40. The van der Waals surface area contributed by atoms with E-state index in [0.717, 1.165) is 31.4 Å². The Morgan fingerprint density at radius 3 is 2.71 bits per heavy atom. The van der Waals surface area contributed by atoms with E-state index in [9.17, 15) is 14.4 Å². The third kappa shape index (κ3) is 3.77. The number of carbonyl (C=O) groups is 1. The van der Waals surface area contributed by atoms with E-state index in [-0.39, 0.29) is 29.0 Å². The van der Waals surface area contributed by atoms with Crippen molar-refractivity contribution in [3.05, 3.63) is 56.2 Å². The van der Waals surface area contributed by atoms with Gasteiger partial charge >= 0.3 is 5.69 Å². The Morgan fingerprint density at radius 2 is 2.00 bits per heavy atom. The van der Waals surface area contributed by atoms with Crippen molar-refractivity contribution < 1.29 is 4.79 Å². The van der Waals surface area contributed by atoms with Gasteiger partial charge in [-0.2, -0.15) is 0 Å². The first kappa shape index (κ1) is 18.6. The molecule has 3 aromatic rings. The number of anilines is 1. The van der Waals surface area contributed by atoms with E-state index in [0.29, 0.717) is 22.6 Å². The fraction of sp³-hybridized carbons (Fsp3) is 0.400. The standard InChI is InChI=1S/C20H22N4O3S/c1-12-11-28-19(21-12)23-17(25)14-8-6-13(7-9-14)10-24-18(26)15-4-2-3-5-16(15)22-20(24)27/h2-5,11,13-14H,6-10H2,1H3,(H,22,27)(H,21,23,25). The van der Waals surface area contributed by atoms with Crippen LogP contribution in [0.2, 0.25) is 0 Å². The highest BCUT2D eigenvalue weighted by Crippen LogP contribution is 2.30. The van der Waals surface area contributed by atoms with Gasteiger partial charge in [-0.1, -0.05) is 12.1 Å². The molecule has 1 aromatic carbocycles. The molecule has 8 heteroatoms. The molecule has 1 fully saturated rings. The molecule has 4 rings (SSSR count). The molecule has 1 saturated carbocycles. The summed E-state index contributed by atoms with van der Waals surface area (Å²) in [4.78, 5) is 44.5. The number of H-pyrrole nitrogens is 1. The predicted molar refractivity (Wildman–Crippen MR) is 110 cm³/mol. The highest BCUT2D eigenvalue weighted by Gasteiger charge is 2.27. The predicted octanol–water partition coefficient (Wildman–Crippen LogP) is 2.90. The number of para-hydroxylation sites is 1. The minimum Gasteiger partial charge on any atom is -0.307 e. The molecule has 0 spiro atoms. The molecule has 0 saturated heterocycles. The number of hydrogen-bond donors (Lipinski definition) is 2. The van der Waals surface area contributed by atoms with E-state index in [1.807, 2.05) is 12.3 Å². The molecule has 0 aliphatic heterocycles. The fourth-order valence-electron chi connectivity index (χ4n) is 3.85. The first-order valence-electron chi connectivity index (χ1n) is 9.46. The van der Waals surface area contributed by atoms with Crippen molar-refractivity contribution in [3.8, 4) is 0 Å². The van der Waals surface area contributed by atoms with Gasteiger partial charge in [0.05, 0.1) is 16.6 Å². The maximum Gasteiger partial charge on any atom is 0.328 e. The number of amides is 1. The molecule has 2 heterocycles. The zero-order chi connectivity index (χ0) is 19.7. The van der Waals surface area contributed by atoms with Crippen molar-refractivity contribution in [1.29, 1.82) is 0 Å². The molecule has 1 aliphatic carbocycles. The fourth-order valence-corrected chi connectivity index (χ4v) is 4.54. The van der Waals surface area contributed by atoms with Gasteiger partial charge in [-0.05, 0) is 50.7 Å². The molecule has 7 nitrogen and oxygen atoms in total. The largest absolute Gasteiger partial charge is 0.328 e. The van der Waals surface area contributed by atoms with E-state index in [1.165, 1.54) is 15.9 Å². The minimum absolute atomic E-state index is 0.00789. The van der Waals surface area contributed by atoms with Gasteiger partial charge in [0.25, 0.3) is 5.56 Å². The second kappa shape index (κ2) is 7.71. The lowest BCUT2D eigenvalue weighted by Crippen LogP contribution is -2.38. The molecule has 1 amide bonds. The summed E-state index contributed by atoms with van der Waals surface area (Å²) in [6.07, 6.45) is 3.13. The number of rotatable bonds is 4. The smallest absolute Gasteiger partial charge is 0.307 e. The van der Waals surface area contributed by atoms with Gasteiger partial charge < -0.3 is 10.3 Å². The van der Waals surface area contributed by atoms with Crippen LogP contribution < -0.4 is 16.6 Å². The maximum absolute atomic E-state index is 12.7. The van der Waals surface area contributed by atoms with E-state index in [2.05, 4.69) is 15.3 Å². The van der Waals surface area contributed by atoms with Gasteiger partial charge in [0, 0.05) is 17.8 Å². The Balaban J connectivity index is 1.41. The average molecular weight is 398 g/mol. The maximum atomic E-state index is 12.7. The van der Waals surface area contributed by atoms with Crippen LogP contribution in [0, 0.1) is 18.8 Å². The summed E-state index contributed by atoms with van der Waals surface area (Å²) in [5.41, 5.74) is 0.836. The number of aromatic amines is 1. The van der Waals surface area contributed by atoms with Crippen LogP contribution in [0.15, 0.2) is 39.2 Å². The monoisotopic (exact) mass is 398 g/mol. The van der Waals surface area contributed by atoms with Crippen LogP contribution in [0.1, 0.15) is 31.4 Å². The summed E-state index contributed by atoms with van der Waals surface area (Å²) in [6, 6.07) is 7.05. The van der Waals surface area contributed by atoms with Crippen molar-refractivity contribution in [2.75, 3.05) is 5.32 Å². The van der Waals surface area contributed by atoms with Gasteiger partial charge in [0.1, 0.15) is 0 Å². The van der Waals surface area contributed by atoms with Crippen LogP contribution >= 0.6 is 11.3 Å². The lowest BCUT2D eigenvalue weighted by atomic mass is 9.81. The number of aromatic nitrogens is 3. The Kier molecular flexibility index (Phi) is 5.13. The average Bonchev–Trinajstić information content (AvgIpc) is 3.10. The van der Waals surface area contributed by atoms with Crippen molar-refractivity contribution in [1.82, 2.24) is 14.5 Å². The van der Waals surface area contributed by atoms with Crippen LogP contribution in [0.3, 0.4) is 0 Å². The van der Waals surface area contributed by atoms with Gasteiger partial charge in [0.2, 0.25) is 5.91 Å². The van der Waals surface area contributed by atoms with Crippen molar-refractivity contribution in [2.45, 2.75) is 39.2 Å². The first-order chi connectivity index (χ1) is 13.5. The molecular formula is C20H22N4O3S. The number of fused-ring (bicyclic) bond motifs is 1. The summed E-state index contributed by atoms with van der Waals surface area (Å²) in [5, 5.41) is 5.96. The lowest BCUT2D eigenvalue weighted by molar-refractivity contribution is -0.121. The number of hydrogen-bond acceptors (Lipinski definition) is 5. The number of carbonyl (C=O) groups excluding carboxylic acids is 1. The summed E-state index contributed by atoms with van der Waals surface area (Å²) < 4.78 is 1.30. The SMILES string of the molecule is Cc1csc(NC(=O)C2CCC(Cn3c(=O)[nH]c4ccccc4c3=O)CC2)n1.